The fourth-order valence-corrected chi connectivity index (χ4v) is 3.31. The van der Waals surface area contributed by atoms with E-state index in [9.17, 15) is 4.79 Å². The lowest BCUT2D eigenvalue weighted by atomic mass is 10.2. The van der Waals surface area contributed by atoms with Gasteiger partial charge in [0.25, 0.3) is 5.91 Å². The van der Waals surface area contributed by atoms with Gasteiger partial charge in [-0.2, -0.15) is 0 Å². The summed E-state index contributed by atoms with van der Waals surface area (Å²) in [5.74, 6) is -0.172. The van der Waals surface area contributed by atoms with Crippen molar-refractivity contribution in [2.75, 3.05) is 24.7 Å². The van der Waals surface area contributed by atoms with E-state index in [1.807, 2.05) is 11.4 Å². The van der Waals surface area contributed by atoms with Gasteiger partial charge in [0.05, 0.1) is 15.7 Å². The van der Waals surface area contributed by atoms with Crippen LogP contribution in [0.4, 0.5) is 5.13 Å². The van der Waals surface area contributed by atoms with Crippen LogP contribution in [0.5, 0.6) is 0 Å². The standard InChI is InChI=1S/C17H14Cl2N2O3S/c1-2-5-21(16(22)15-9-23-6-7-24-15)17-20-14(10-25-17)11-3-4-12(18)13(19)8-11/h2-4,8-10H,1,5-7H2. The first-order valence-electron chi connectivity index (χ1n) is 7.38. The van der Waals surface area contributed by atoms with E-state index in [4.69, 9.17) is 32.7 Å². The smallest absolute Gasteiger partial charge is 0.298 e. The number of thiazole rings is 1. The van der Waals surface area contributed by atoms with Gasteiger partial charge in [-0.15, -0.1) is 17.9 Å². The third-order valence-corrected chi connectivity index (χ3v) is 4.96. The molecule has 0 saturated carbocycles. The van der Waals surface area contributed by atoms with Gasteiger partial charge in [-0.05, 0) is 12.1 Å². The lowest BCUT2D eigenvalue weighted by molar-refractivity contribution is -0.119. The van der Waals surface area contributed by atoms with Crippen LogP contribution >= 0.6 is 34.5 Å². The van der Waals surface area contributed by atoms with Gasteiger partial charge in [0.2, 0.25) is 5.76 Å². The molecule has 0 radical (unpaired) electrons. The molecule has 1 aliphatic rings. The second kappa shape index (κ2) is 7.91. The van der Waals surface area contributed by atoms with Crippen LogP contribution in [0.3, 0.4) is 0 Å². The van der Waals surface area contributed by atoms with E-state index < -0.39 is 0 Å². The molecule has 0 fully saturated rings. The maximum Gasteiger partial charge on any atom is 0.298 e. The summed E-state index contributed by atoms with van der Waals surface area (Å²) in [5.41, 5.74) is 1.52. The number of hydrogen-bond donors (Lipinski definition) is 0. The minimum atomic E-state index is -0.324. The number of halogens is 2. The molecule has 0 aliphatic carbocycles. The van der Waals surface area contributed by atoms with Crippen molar-refractivity contribution in [2.45, 2.75) is 0 Å². The predicted molar refractivity (Wildman–Crippen MR) is 100 cm³/mol. The van der Waals surface area contributed by atoms with Crippen LogP contribution in [0.1, 0.15) is 0 Å². The molecule has 0 bridgehead atoms. The fourth-order valence-electron chi connectivity index (χ4n) is 2.17. The van der Waals surface area contributed by atoms with Crippen LogP contribution in [0, 0.1) is 0 Å². The van der Waals surface area contributed by atoms with E-state index in [2.05, 4.69) is 11.6 Å². The first kappa shape index (κ1) is 17.8. The fraction of sp³-hybridized carbons (Fsp3) is 0.176. The van der Waals surface area contributed by atoms with E-state index in [1.165, 1.54) is 22.5 Å². The van der Waals surface area contributed by atoms with Crippen LogP contribution in [0.25, 0.3) is 11.3 Å². The molecule has 130 valence electrons. The van der Waals surface area contributed by atoms with Crippen molar-refractivity contribution in [3.05, 3.63) is 58.3 Å². The lowest BCUT2D eigenvalue weighted by Crippen LogP contribution is -2.34. The maximum atomic E-state index is 12.7. The number of benzene rings is 1. The first-order chi connectivity index (χ1) is 12.1. The third-order valence-electron chi connectivity index (χ3n) is 3.36. The quantitative estimate of drug-likeness (QED) is 0.696. The Hall–Kier alpha value is -2.02. The topological polar surface area (TPSA) is 51.7 Å². The third kappa shape index (κ3) is 3.98. The van der Waals surface area contributed by atoms with E-state index in [-0.39, 0.29) is 11.7 Å². The number of carbonyl (C=O) groups excluding carboxylic acids is 1. The van der Waals surface area contributed by atoms with Gasteiger partial charge in [0.15, 0.2) is 5.13 Å². The Balaban J connectivity index is 1.88. The zero-order chi connectivity index (χ0) is 17.8. The van der Waals surface area contributed by atoms with Crippen LogP contribution < -0.4 is 4.90 Å². The zero-order valence-corrected chi connectivity index (χ0v) is 15.4. The summed E-state index contributed by atoms with van der Waals surface area (Å²) in [6, 6.07) is 5.28. The molecule has 2 aromatic rings. The number of carbonyl (C=O) groups is 1. The van der Waals surface area contributed by atoms with Crippen molar-refractivity contribution in [2.24, 2.45) is 0 Å². The maximum absolute atomic E-state index is 12.7. The van der Waals surface area contributed by atoms with Crippen molar-refractivity contribution in [3.63, 3.8) is 0 Å². The minimum Gasteiger partial charge on any atom is -0.494 e. The molecule has 0 saturated heterocycles. The van der Waals surface area contributed by atoms with Gasteiger partial charge in [0, 0.05) is 17.5 Å². The highest BCUT2D eigenvalue weighted by atomic mass is 35.5. The molecule has 8 heteroatoms. The van der Waals surface area contributed by atoms with Gasteiger partial charge >= 0.3 is 0 Å². The Morgan fingerprint density at radius 2 is 2.20 bits per heavy atom. The number of hydrogen-bond acceptors (Lipinski definition) is 5. The van der Waals surface area contributed by atoms with Crippen molar-refractivity contribution in [3.8, 4) is 11.3 Å². The average molecular weight is 397 g/mol. The van der Waals surface area contributed by atoms with Crippen molar-refractivity contribution in [1.82, 2.24) is 4.98 Å². The summed E-state index contributed by atoms with van der Waals surface area (Å²) >= 11 is 13.4. The second-order valence-corrected chi connectivity index (χ2v) is 6.70. The molecule has 0 N–H and O–H groups in total. The van der Waals surface area contributed by atoms with E-state index in [1.54, 1.807) is 18.2 Å². The molecular weight excluding hydrogens is 383 g/mol. The Morgan fingerprint density at radius 3 is 2.88 bits per heavy atom. The van der Waals surface area contributed by atoms with E-state index in [0.717, 1.165) is 5.56 Å². The Bertz CT molecular complexity index is 835. The summed E-state index contributed by atoms with van der Waals surface area (Å²) in [6.45, 7) is 4.77. The van der Waals surface area contributed by atoms with Crippen LogP contribution in [-0.4, -0.2) is 30.6 Å². The summed E-state index contributed by atoms with van der Waals surface area (Å²) in [6.07, 6.45) is 2.96. The zero-order valence-electron chi connectivity index (χ0n) is 13.1. The Kier molecular flexibility index (Phi) is 5.63. The summed E-state index contributed by atoms with van der Waals surface area (Å²) in [4.78, 5) is 18.7. The molecule has 0 unspecified atom stereocenters. The largest absolute Gasteiger partial charge is 0.494 e. The SMILES string of the molecule is C=CCN(C(=O)C1=COCCO1)c1nc(-c2ccc(Cl)c(Cl)c2)cs1. The minimum absolute atomic E-state index is 0.152. The monoisotopic (exact) mass is 396 g/mol. The van der Waals surface area contributed by atoms with Gasteiger partial charge in [-0.3, -0.25) is 9.69 Å². The summed E-state index contributed by atoms with van der Waals surface area (Å²) < 4.78 is 10.5. The molecule has 25 heavy (non-hydrogen) atoms. The molecule has 1 aliphatic heterocycles. The molecule has 3 rings (SSSR count). The molecule has 2 heterocycles. The summed E-state index contributed by atoms with van der Waals surface area (Å²) in [5, 5.41) is 3.31. The average Bonchev–Trinajstić information content (AvgIpc) is 3.12. The van der Waals surface area contributed by atoms with Gasteiger partial charge < -0.3 is 9.47 Å². The number of aromatic nitrogens is 1. The van der Waals surface area contributed by atoms with Gasteiger partial charge in [0.1, 0.15) is 19.5 Å². The molecule has 0 spiro atoms. The Morgan fingerprint density at radius 1 is 1.36 bits per heavy atom. The van der Waals surface area contributed by atoms with Crippen molar-refractivity contribution < 1.29 is 14.3 Å². The molecule has 0 atom stereocenters. The number of anilines is 1. The normalized spacial score (nSPS) is 13.4. The van der Waals surface area contributed by atoms with Gasteiger partial charge in [-0.1, -0.05) is 35.3 Å². The Labute approximate surface area is 159 Å². The number of amides is 1. The first-order valence-corrected chi connectivity index (χ1v) is 9.02. The van der Waals surface area contributed by atoms with Crippen LogP contribution in [-0.2, 0) is 14.3 Å². The summed E-state index contributed by atoms with van der Waals surface area (Å²) in [7, 11) is 0. The highest BCUT2D eigenvalue weighted by Gasteiger charge is 2.25. The second-order valence-electron chi connectivity index (χ2n) is 5.05. The highest BCUT2D eigenvalue weighted by Crippen LogP contribution is 2.32. The van der Waals surface area contributed by atoms with Crippen LogP contribution in [0.15, 0.2) is 48.3 Å². The number of ether oxygens (including phenoxy) is 2. The van der Waals surface area contributed by atoms with E-state index in [0.29, 0.717) is 40.6 Å². The lowest BCUT2D eigenvalue weighted by Gasteiger charge is -2.21. The van der Waals surface area contributed by atoms with E-state index >= 15 is 0 Å². The molecule has 1 aromatic carbocycles. The molecular formula is C17H14Cl2N2O3S. The highest BCUT2D eigenvalue weighted by molar-refractivity contribution is 7.14. The van der Waals surface area contributed by atoms with Crippen molar-refractivity contribution >= 4 is 45.6 Å². The number of nitrogens with zero attached hydrogens (tertiary/aromatic N) is 2. The van der Waals surface area contributed by atoms with Crippen molar-refractivity contribution in [1.29, 1.82) is 0 Å². The number of rotatable bonds is 5. The van der Waals surface area contributed by atoms with Gasteiger partial charge in [-0.25, -0.2) is 4.98 Å². The molecule has 1 amide bonds. The van der Waals surface area contributed by atoms with Crippen LogP contribution in [0.2, 0.25) is 10.0 Å². The molecule has 5 nitrogen and oxygen atoms in total. The predicted octanol–water partition coefficient (Wildman–Crippen LogP) is 4.52. The molecule has 1 aromatic heterocycles.